The van der Waals surface area contributed by atoms with E-state index in [0.717, 1.165) is 67.7 Å². The Morgan fingerprint density at radius 3 is 2.27 bits per heavy atom. The number of rotatable bonds is 9. The number of nitrogens with one attached hydrogen (secondary N) is 1. The van der Waals surface area contributed by atoms with Crippen LogP contribution in [0.3, 0.4) is 0 Å². The predicted octanol–water partition coefficient (Wildman–Crippen LogP) is 4.36. The average molecular weight is 1220 g/mol. The summed E-state index contributed by atoms with van der Waals surface area (Å²) in [5.74, 6) is -1.63. The number of carbonyl (C=O) groups is 5. The number of ether oxygens (including phenoxy) is 2. The molecule has 6 aliphatic rings. The maximum absolute atomic E-state index is 14.6. The summed E-state index contributed by atoms with van der Waals surface area (Å²) in [6.45, 7) is 9.40. The number of carbonyl (C=O) groups excluding carboxylic acids is 5. The van der Waals surface area contributed by atoms with Crippen LogP contribution in [-0.4, -0.2) is 157 Å². The number of esters is 1. The number of benzene rings is 3. The van der Waals surface area contributed by atoms with Gasteiger partial charge in [0.05, 0.1) is 45.7 Å². The summed E-state index contributed by atoms with van der Waals surface area (Å²) in [5, 5.41) is 27.1. The fourth-order valence-corrected chi connectivity index (χ4v) is 12.8. The molecule has 14 rings (SSSR count). The van der Waals surface area contributed by atoms with Gasteiger partial charge in [-0.15, -0.1) is 5.10 Å². The zero-order chi connectivity index (χ0) is 62.4. The standard InChI is InChI=1S/C33H38N4O6.C24H23FN4O3.C6H6N6O2/c1-3-22-23-16-21(43-32(40)36-14-10-20(11-15-36)35-12-6-5-7-13-35)8-9-27(23)34-29-24(22)18-37-28(29)17-26-25(30(37)38)19-42-31(39)33(26,41)4-2;25-20-8-5-15(14-21-17-3-1-2-4-18(17)22(30)27-26-21)13-19(20)24(32)29-11-9-28(10-12-29)23(31)16-6-7-16;1-11-6(14)12-2-8-3(4(7)13)5(12)9-10-11/h8-9,16-17,20,41H,3-7,10-15,18-19H2,1-2H3;1-5,8,13,16H,6-7,9-12,14H2,(H,27,30);2H,1H3,(H2,7,13)/t33-;;/m0../s1. The highest BCUT2D eigenvalue weighted by atomic mass is 19.1. The number of nitrogens with two attached hydrogens (primary N) is 1. The van der Waals surface area contributed by atoms with Crippen LogP contribution in [-0.2, 0) is 53.0 Å². The molecule has 26 heteroatoms. The number of amides is 4. The molecule has 1 atom stereocenters. The van der Waals surface area contributed by atoms with E-state index in [4.69, 9.17) is 20.2 Å². The Morgan fingerprint density at radius 1 is 0.831 bits per heavy atom. The van der Waals surface area contributed by atoms with E-state index in [2.05, 4.69) is 37.3 Å². The van der Waals surface area contributed by atoms with Crippen molar-refractivity contribution in [2.45, 2.75) is 103 Å². The first-order valence-corrected chi connectivity index (χ1v) is 30.2. The molecule has 462 valence electrons. The lowest BCUT2D eigenvalue weighted by atomic mass is 9.86. The molecule has 10 heterocycles. The van der Waals surface area contributed by atoms with Gasteiger partial charge in [0.25, 0.3) is 22.9 Å². The maximum Gasteiger partial charge on any atom is 0.415 e. The largest absolute Gasteiger partial charge is 0.458 e. The van der Waals surface area contributed by atoms with Crippen LogP contribution >= 0.6 is 0 Å². The van der Waals surface area contributed by atoms with Gasteiger partial charge in [-0.3, -0.25) is 24.0 Å². The van der Waals surface area contributed by atoms with Gasteiger partial charge in [-0.2, -0.15) is 9.78 Å². The number of pyridine rings is 2. The SMILES string of the molecule is CCc1c2c(nc3ccc(OC(=O)N4CCC(N5CCCCC5)CC4)cc13)-c1cc3c(c(=O)n1C2)COC(=O)[C@]3(O)CC.Cn1nnc2c(C(N)=O)ncn2c1=O.O=C(c1cc(Cc2n[nH]c(=O)c3ccccc23)ccc1F)N1CCN(C(=O)C2CC2)CC1. The van der Waals surface area contributed by atoms with Crippen molar-refractivity contribution < 1.29 is 42.9 Å². The first-order chi connectivity index (χ1) is 42.9. The molecule has 89 heavy (non-hydrogen) atoms. The normalized spacial score (nSPS) is 18.3. The quantitative estimate of drug-likeness (QED) is 0.169. The van der Waals surface area contributed by atoms with Crippen LogP contribution in [0, 0.1) is 11.7 Å². The van der Waals surface area contributed by atoms with Crippen LogP contribution in [0.1, 0.15) is 120 Å². The second kappa shape index (κ2) is 24.5. The zero-order valence-corrected chi connectivity index (χ0v) is 49.6. The minimum absolute atomic E-state index is 0.0122. The van der Waals surface area contributed by atoms with Gasteiger partial charge in [0.1, 0.15) is 24.5 Å². The molecule has 8 aromatic rings. The number of fused-ring (bicyclic) bond motifs is 7. The number of aromatic amines is 1. The van der Waals surface area contributed by atoms with Crippen molar-refractivity contribution in [3.05, 3.63) is 155 Å². The number of H-pyrrole nitrogens is 1. The fraction of sp³-hybridized carbons (Fsp3) is 0.413. The van der Waals surface area contributed by atoms with Crippen molar-refractivity contribution in [2.24, 2.45) is 18.7 Å². The molecular formula is C63H67FN14O11. The molecule has 1 aliphatic carbocycles. The first-order valence-electron chi connectivity index (χ1n) is 30.2. The second-order valence-electron chi connectivity index (χ2n) is 23.3. The molecule has 5 aromatic heterocycles. The fourth-order valence-electron chi connectivity index (χ4n) is 12.8. The maximum atomic E-state index is 14.6. The molecule has 25 nitrogen and oxygen atoms in total. The van der Waals surface area contributed by atoms with Crippen LogP contribution in [0.25, 0.3) is 38.7 Å². The van der Waals surface area contributed by atoms with E-state index in [1.54, 1.807) is 57.7 Å². The summed E-state index contributed by atoms with van der Waals surface area (Å²) < 4.78 is 29.4. The van der Waals surface area contributed by atoms with E-state index in [-0.39, 0.29) is 64.9 Å². The van der Waals surface area contributed by atoms with E-state index < -0.39 is 29.0 Å². The van der Waals surface area contributed by atoms with Crippen LogP contribution in [0.15, 0.2) is 87.4 Å². The molecular weight excluding hydrogens is 1150 g/mol. The lowest BCUT2D eigenvalue weighted by Gasteiger charge is -2.39. The number of hydrogen-bond donors (Lipinski definition) is 3. The van der Waals surface area contributed by atoms with E-state index in [0.29, 0.717) is 104 Å². The molecule has 0 unspecified atom stereocenters. The van der Waals surface area contributed by atoms with E-state index in [1.165, 1.54) is 51.8 Å². The lowest BCUT2D eigenvalue weighted by molar-refractivity contribution is -0.172. The number of cyclic esters (lactones) is 1. The molecule has 1 saturated carbocycles. The first kappa shape index (κ1) is 59.8. The van der Waals surface area contributed by atoms with Gasteiger partial charge < -0.3 is 44.5 Å². The van der Waals surface area contributed by atoms with E-state index in [9.17, 15) is 47.9 Å². The van der Waals surface area contributed by atoms with Crippen molar-refractivity contribution in [1.82, 2.24) is 63.7 Å². The summed E-state index contributed by atoms with van der Waals surface area (Å²) in [4.78, 5) is 115. The van der Waals surface area contributed by atoms with Crippen LogP contribution in [0.4, 0.5) is 9.18 Å². The molecule has 4 N–H and O–H groups in total. The van der Waals surface area contributed by atoms with Crippen LogP contribution < -0.4 is 27.3 Å². The van der Waals surface area contributed by atoms with Crippen molar-refractivity contribution in [3.8, 4) is 17.1 Å². The summed E-state index contributed by atoms with van der Waals surface area (Å²) in [7, 11) is 1.44. The number of piperazine rings is 1. The summed E-state index contributed by atoms with van der Waals surface area (Å²) in [6, 6.07) is 19.4. The van der Waals surface area contributed by atoms with Crippen LogP contribution in [0.2, 0.25) is 0 Å². The number of aliphatic hydroxyl groups is 1. The molecule has 4 fully saturated rings. The Hall–Kier alpha value is -9.56. The molecule has 5 aliphatic heterocycles. The number of aryl methyl sites for hydroxylation is 2. The Morgan fingerprint density at radius 2 is 1.56 bits per heavy atom. The van der Waals surface area contributed by atoms with Gasteiger partial charge in [-0.25, -0.2) is 38.2 Å². The number of primary amides is 1. The molecule has 0 radical (unpaired) electrons. The Bertz CT molecular complexity index is 4350. The minimum atomic E-state index is -1.86. The Balaban J connectivity index is 0.000000146. The Kier molecular flexibility index (Phi) is 16.5. The monoisotopic (exact) mass is 1210 g/mol. The summed E-state index contributed by atoms with van der Waals surface area (Å²) >= 11 is 0. The molecule has 0 bridgehead atoms. The highest BCUT2D eigenvalue weighted by Gasteiger charge is 2.46. The highest BCUT2D eigenvalue weighted by molar-refractivity contribution is 5.97. The predicted molar refractivity (Wildman–Crippen MR) is 321 cm³/mol. The topological polar surface area (TPSA) is 309 Å². The average Bonchev–Trinajstić information content (AvgIpc) is 1.67. The van der Waals surface area contributed by atoms with Crippen molar-refractivity contribution in [2.75, 3.05) is 52.4 Å². The number of hydrogen-bond acceptors (Lipinski definition) is 17. The van der Waals surface area contributed by atoms with Gasteiger partial charge in [0.2, 0.25) is 5.91 Å². The number of imidazole rings is 1. The van der Waals surface area contributed by atoms with Gasteiger partial charge in [-0.1, -0.05) is 49.7 Å². The van der Waals surface area contributed by atoms with Gasteiger partial charge in [0.15, 0.2) is 16.9 Å². The third-order valence-electron chi connectivity index (χ3n) is 17.9. The zero-order valence-electron chi connectivity index (χ0n) is 49.6. The highest BCUT2D eigenvalue weighted by Crippen LogP contribution is 2.41. The number of nitrogens with zero attached hydrogens (tertiary/aromatic N) is 12. The third-order valence-corrected chi connectivity index (χ3v) is 17.9. The third kappa shape index (κ3) is 11.5. The number of halogens is 1. The van der Waals surface area contributed by atoms with Gasteiger partial charge >= 0.3 is 17.8 Å². The van der Waals surface area contributed by atoms with E-state index >= 15 is 0 Å². The summed E-state index contributed by atoms with van der Waals surface area (Å²) in [6.07, 6.45) is 9.70. The van der Waals surface area contributed by atoms with Crippen molar-refractivity contribution in [3.63, 3.8) is 0 Å². The smallest absolute Gasteiger partial charge is 0.415 e. The number of likely N-dealkylation sites (tertiary alicyclic amines) is 2. The number of aromatic nitrogens is 9. The van der Waals surface area contributed by atoms with Crippen LogP contribution in [0.5, 0.6) is 5.75 Å². The van der Waals surface area contributed by atoms with Gasteiger partial charge in [-0.05, 0) is 118 Å². The lowest BCUT2D eigenvalue weighted by Crippen LogP contribution is -2.51. The molecule has 4 amide bonds. The minimum Gasteiger partial charge on any atom is -0.458 e. The van der Waals surface area contributed by atoms with Crippen molar-refractivity contribution in [1.29, 1.82) is 0 Å². The molecule has 3 aromatic carbocycles. The second-order valence-corrected chi connectivity index (χ2v) is 23.3. The Labute approximate surface area is 507 Å². The van der Waals surface area contributed by atoms with E-state index in [1.807, 2.05) is 29.2 Å². The number of piperidine rings is 2. The molecule has 0 spiro atoms. The van der Waals surface area contributed by atoms with Crippen molar-refractivity contribution >= 4 is 57.1 Å². The molecule has 3 saturated heterocycles. The summed E-state index contributed by atoms with van der Waals surface area (Å²) in [5.41, 5.74) is 8.10. The van der Waals surface area contributed by atoms with Gasteiger partial charge in [0, 0.05) is 86.6 Å².